The summed E-state index contributed by atoms with van der Waals surface area (Å²) in [7, 11) is 0. The fourth-order valence-corrected chi connectivity index (χ4v) is 4.72. The fraction of sp³-hybridized carbons (Fsp3) is 0.385. The fourth-order valence-electron chi connectivity index (χ4n) is 4.72. The van der Waals surface area contributed by atoms with Crippen molar-refractivity contribution in [3.05, 3.63) is 58.4 Å². The molecule has 170 valence electrons. The van der Waals surface area contributed by atoms with Crippen LogP contribution in [0.5, 0.6) is 0 Å². The summed E-state index contributed by atoms with van der Waals surface area (Å²) in [6, 6.07) is 11.5. The van der Waals surface area contributed by atoms with Crippen molar-refractivity contribution in [1.82, 2.24) is 14.5 Å². The van der Waals surface area contributed by atoms with Gasteiger partial charge in [0.1, 0.15) is 0 Å². The summed E-state index contributed by atoms with van der Waals surface area (Å²) in [6.45, 7) is 6.13. The molecule has 3 aromatic rings. The molecular weight excluding hydrogens is 414 g/mol. The Morgan fingerprint density at radius 1 is 1.12 bits per heavy atom. The zero-order chi connectivity index (χ0) is 23.5. The van der Waals surface area contributed by atoms with Crippen LogP contribution in [0.2, 0.25) is 0 Å². The third-order valence-corrected chi connectivity index (χ3v) is 6.46. The SMILES string of the molecule is Cc1nc2c(C(=O)CN3CCCCC3)c(C)n(-c3ccc(C#N)cc3)c2cc1CCC(N)=O. The molecule has 1 amide bonds. The summed E-state index contributed by atoms with van der Waals surface area (Å²) < 4.78 is 2.03. The van der Waals surface area contributed by atoms with Crippen LogP contribution in [-0.2, 0) is 11.2 Å². The minimum atomic E-state index is -0.356. The number of rotatable bonds is 7. The van der Waals surface area contributed by atoms with Crippen LogP contribution in [0.15, 0.2) is 30.3 Å². The lowest BCUT2D eigenvalue weighted by atomic mass is 10.0. The Bertz CT molecular complexity index is 1240. The van der Waals surface area contributed by atoms with E-state index in [0.29, 0.717) is 29.6 Å². The molecule has 2 N–H and O–H groups in total. The highest BCUT2D eigenvalue weighted by atomic mass is 16.1. The van der Waals surface area contributed by atoms with Gasteiger partial charge in [-0.25, -0.2) is 0 Å². The molecule has 0 aliphatic carbocycles. The smallest absolute Gasteiger partial charge is 0.217 e. The number of piperidine rings is 1. The third kappa shape index (κ3) is 4.67. The first-order valence-electron chi connectivity index (χ1n) is 11.4. The predicted octanol–water partition coefficient (Wildman–Crippen LogP) is 3.60. The average molecular weight is 444 g/mol. The number of ketones is 1. The molecule has 0 bridgehead atoms. The third-order valence-electron chi connectivity index (χ3n) is 6.46. The Morgan fingerprint density at radius 2 is 1.82 bits per heavy atom. The molecule has 2 aromatic heterocycles. The summed E-state index contributed by atoms with van der Waals surface area (Å²) >= 11 is 0. The van der Waals surface area contributed by atoms with E-state index in [1.807, 2.05) is 36.6 Å². The number of hydrogen-bond donors (Lipinski definition) is 1. The summed E-state index contributed by atoms with van der Waals surface area (Å²) in [4.78, 5) is 31.9. The number of fused-ring (bicyclic) bond motifs is 1. The van der Waals surface area contributed by atoms with Gasteiger partial charge in [-0.15, -0.1) is 0 Å². The van der Waals surface area contributed by atoms with Gasteiger partial charge >= 0.3 is 0 Å². The Balaban J connectivity index is 1.85. The molecule has 3 heterocycles. The second kappa shape index (κ2) is 9.55. The lowest BCUT2D eigenvalue weighted by molar-refractivity contribution is -0.117. The molecule has 7 nitrogen and oxygen atoms in total. The molecule has 1 fully saturated rings. The second-order valence-corrected chi connectivity index (χ2v) is 8.78. The second-order valence-electron chi connectivity index (χ2n) is 8.78. The highest BCUT2D eigenvalue weighted by Crippen LogP contribution is 2.31. The highest BCUT2D eigenvalue weighted by molar-refractivity contribution is 6.09. The van der Waals surface area contributed by atoms with Crippen molar-refractivity contribution >= 4 is 22.7 Å². The largest absolute Gasteiger partial charge is 0.370 e. The number of nitriles is 1. The molecule has 0 unspecified atom stereocenters. The van der Waals surface area contributed by atoms with Crippen molar-refractivity contribution in [2.75, 3.05) is 19.6 Å². The zero-order valence-electron chi connectivity index (χ0n) is 19.2. The van der Waals surface area contributed by atoms with Gasteiger partial charge in [0, 0.05) is 23.5 Å². The maximum Gasteiger partial charge on any atom is 0.217 e. The number of benzene rings is 1. The molecule has 1 aliphatic rings. The average Bonchev–Trinajstić information content (AvgIpc) is 3.08. The molecule has 0 saturated carbocycles. The van der Waals surface area contributed by atoms with E-state index in [1.54, 1.807) is 12.1 Å². The van der Waals surface area contributed by atoms with E-state index >= 15 is 0 Å². The minimum Gasteiger partial charge on any atom is -0.370 e. The lowest BCUT2D eigenvalue weighted by Crippen LogP contribution is -2.34. The number of likely N-dealkylation sites (tertiary alicyclic amines) is 1. The van der Waals surface area contributed by atoms with Crippen molar-refractivity contribution < 1.29 is 9.59 Å². The summed E-state index contributed by atoms with van der Waals surface area (Å²) in [5, 5.41) is 9.17. The van der Waals surface area contributed by atoms with Crippen molar-refractivity contribution in [2.45, 2.75) is 46.0 Å². The highest BCUT2D eigenvalue weighted by Gasteiger charge is 2.25. The molecular formula is C26H29N5O2. The molecule has 7 heteroatoms. The Kier molecular flexibility index (Phi) is 6.57. The first kappa shape index (κ1) is 22.7. The number of nitrogens with zero attached hydrogens (tertiary/aromatic N) is 4. The van der Waals surface area contributed by atoms with E-state index in [9.17, 15) is 14.9 Å². The van der Waals surface area contributed by atoms with Gasteiger partial charge in [0.25, 0.3) is 0 Å². The molecule has 0 radical (unpaired) electrons. The normalized spacial score (nSPS) is 14.3. The van der Waals surface area contributed by atoms with Gasteiger partial charge in [-0.2, -0.15) is 5.26 Å². The monoisotopic (exact) mass is 443 g/mol. The van der Waals surface area contributed by atoms with Crippen molar-refractivity contribution in [1.29, 1.82) is 5.26 Å². The number of aromatic nitrogens is 2. The summed E-state index contributed by atoms with van der Waals surface area (Å²) in [6.07, 6.45) is 4.21. The maximum atomic E-state index is 13.5. The van der Waals surface area contributed by atoms with Gasteiger partial charge in [-0.1, -0.05) is 6.42 Å². The number of primary amides is 1. The topological polar surface area (TPSA) is 105 Å². The van der Waals surface area contributed by atoms with E-state index < -0.39 is 0 Å². The van der Waals surface area contributed by atoms with Crippen LogP contribution in [0.3, 0.4) is 0 Å². The van der Waals surface area contributed by atoms with Gasteiger partial charge in [0.05, 0.1) is 34.8 Å². The van der Waals surface area contributed by atoms with Gasteiger partial charge in [0.15, 0.2) is 5.78 Å². The van der Waals surface area contributed by atoms with Crippen LogP contribution in [0, 0.1) is 25.2 Å². The number of carbonyl (C=O) groups excluding carboxylic acids is 2. The summed E-state index contributed by atoms with van der Waals surface area (Å²) in [5.41, 5.74) is 11.5. The molecule has 4 rings (SSSR count). The van der Waals surface area contributed by atoms with Crippen molar-refractivity contribution in [2.24, 2.45) is 5.73 Å². The van der Waals surface area contributed by atoms with Gasteiger partial charge in [-0.05, 0) is 82.1 Å². The van der Waals surface area contributed by atoms with E-state index in [2.05, 4.69) is 11.0 Å². The molecule has 1 aromatic carbocycles. The molecule has 1 aliphatic heterocycles. The van der Waals surface area contributed by atoms with Crippen LogP contribution in [0.1, 0.15) is 58.6 Å². The van der Waals surface area contributed by atoms with Crippen LogP contribution in [0.4, 0.5) is 0 Å². The Hall–Kier alpha value is -3.50. The van der Waals surface area contributed by atoms with Gasteiger partial charge < -0.3 is 10.3 Å². The quantitative estimate of drug-likeness (QED) is 0.562. The first-order chi connectivity index (χ1) is 15.9. The molecule has 0 spiro atoms. The van der Waals surface area contributed by atoms with Crippen molar-refractivity contribution in [3.8, 4) is 11.8 Å². The Morgan fingerprint density at radius 3 is 2.45 bits per heavy atom. The zero-order valence-corrected chi connectivity index (χ0v) is 19.2. The molecule has 0 atom stereocenters. The number of amides is 1. The number of aryl methyl sites for hydroxylation is 2. The maximum absolute atomic E-state index is 13.5. The number of pyridine rings is 1. The van der Waals surface area contributed by atoms with Crippen LogP contribution < -0.4 is 5.73 Å². The van der Waals surface area contributed by atoms with E-state index in [0.717, 1.165) is 54.1 Å². The van der Waals surface area contributed by atoms with E-state index in [4.69, 9.17) is 10.7 Å². The van der Waals surface area contributed by atoms with E-state index in [1.165, 1.54) is 6.42 Å². The Labute approximate surface area is 193 Å². The lowest BCUT2D eigenvalue weighted by Gasteiger charge is -2.25. The number of carbonyl (C=O) groups is 2. The number of nitrogens with two attached hydrogens (primary N) is 1. The number of hydrogen-bond acceptors (Lipinski definition) is 5. The van der Waals surface area contributed by atoms with Gasteiger partial charge in [0.2, 0.25) is 5.91 Å². The number of Topliss-reactive ketones (excluding diaryl/α,β-unsaturated/α-hetero) is 1. The van der Waals surface area contributed by atoms with Gasteiger partial charge in [-0.3, -0.25) is 19.5 Å². The first-order valence-corrected chi connectivity index (χ1v) is 11.4. The van der Waals surface area contributed by atoms with Crippen molar-refractivity contribution in [3.63, 3.8) is 0 Å². The molecule has 1 saturated heterocycles. The standard InChI is InChI=1S/C26H29N5O2/c1-17-20(8-11-24(28)33)14-22-26(29-17)25(23(32)16-30-12-4-3-5-13-30)18(2)31(22)21-9-6-19(15-27)7-10-21/h6-7,9-10,14H,3-5,8,11-13,16H2,1-2H3,(H2,28,33). The van der Waals surface area contributed by atoms with E-state index in [-0.39, 0.29) is 18.1 Å². The summed E-state index contributed by atoms with van der Waals surface area (Å²) in [5.74, 6) is -0.283. The molecule has 33 heavy (non-hydrogen) atoms. The van der Waals surface area contributed by atoms with Crippen LogP contribution in [0.25, 0.3) is 16.7 Å². The van der Waals surface area contributed by atoms with Crippen LogP contribution >= 0.6 is 0 Å². The minimum absolute atomic E-state index is 0.0728. The van der Waals surface area contributed by atoms with Crippen LogP contribution in [-0.4, -0.2) is 45.8 Å². The predicted molar refractivity (Wildman–Crippen MR) is 127 cm³/mol.